The summed E-state index contributed by atoms with van der Waals surface area (Å²) in [4.78, 5) is 35.6. The second-order valence-corrected chi connectivity index (χ2v) is 5.41. The van der Waals surface area contributed by atoms with Crippen LogP contribution in [-0.2, 0) is 9.59 Å². The number of methoxy groups -OCH3 is 1. The molecule has 1 atom stereocenters. The predicted molar refractivity (Wildman–Crippen MR) is 89.0 cm³/mol. The van der Waals surface area contributed by atoms with Gasteiger partial charge in [-0.25, -0.2) is 0 Å². The zero-order valence-electron chi connectivity index (χ0n) is 13.8. The number of benzene rings is 1. The molecule has 0 saturated carbocycles. The van der Waals surface area contributed by atoms with Crippen molar-refractivity contribution in [1.29, 1.82) is 0 Å². The highest BCUT2D eigenvalue weighted by Gasteiger charge is 2.22. The van der Waals surface area contributed by atoms with Crippen molar-refractivity contribution in [3.8, 4) is 5.75 Å². The Labute approximate surface area is 140 Å². The number of amides is 3. The van der Waals surface area contributed by atoms with E-state index in [2.05, 4.69) is 21.3 Å². The maximum Gasteiger partial charge on any atom is 0.251 e. The maximum absolute atomic E-state index is 12.0. The molecule has 3 amide bonds. The fourth-order valence-electron chi connectivity index (χ4n) is 2.48. The summed E-state index contributed by atoms with van der Waals surface area (Å²) in [7, 11) is 3.00. The Morgan fingerprint density at radius 2 is 2.12 bits per heavy atom. The molecule has 1 heterocycles. The minimum atomic E-state index is -0.395. The Hall–Kier alpha value is -2.61. The van der Waals surface area contributed by atoms with Crippen LogP contribution in [0.1, 0.15) is 23.2 Å². The van der Waals surface area contributed by atoms with E-state index in [-0.39, 0.29) is 24.4 Å². The fourth-order valence-corrected chi connectivity index (χ4v) is 2.48. The molecular weight excluding hydrogens is 312 g/mol. The molecule has 1 aromatic carbocycles. The third-order valence-corrected chi connectivity index (χ3v) is 3.76. The molecule has 0 spiro atoms. The summed E-state index contributed by atoms with van der Waals surface area (Å²) >= 11 is 0. The number of nitrogens with one attached hydrogen (secondary N) is 4. The van der Waals surface area contributed by atoms with Gasteiger partial charge < -0.3 is 26.0 Å². The van der Waals surface area contributed by atoms with Gasteiger partial charge in [0.25, 0.3) is 5.91 Å². The zero-order chi connectivity index (χ0) is 17.5. The van der Waals surface area contributed by atoms with Gasteiger partial charge in [0.2, 0.25) is 11.8 Å². The molecule has 1 aromatic rings. The van der Waals surface area contributed by atoms with Gasteiger partial charge in [-0.05, 0) is 37.6 Å². The van der Waals surface area contributed by atoms with Crippen molar-refractivity contribution in [2.24, 2.45) is 0 Å². The van der Waals surface area contributed by atoms with Crippen LogP contribution in [-0.4, -0.2) is 51.0 Å². The first-order valence-electron chi connectivity index (χ1n) is 7.76. The van der Waals surface area contributed by atoms with Crippen molar-refractivity contribution in [3.05, 3.63) is 23.8 Å². The second-order valence-electron chi connectivity index (χ2n) is 5.41. The largest absolute Gasteiger partial charge is 0.495 e. The molecule has 8 nitrogen and oxygen atoms in total. The summed E-state index contributed by atoms with van der Waals surface area (Å²) in [5.74, 6) is -0.420. The smallest absolute Gasteiger partial charge is 0.251 e. The molecule has 1 aliphatic heterocycles. The van der Waals surface area contributed by atoms with E-state index >= 15 is 0 Å². The van der Waals surface area contributed by atoms with Gasteiger partial charge >= 0.3 is 0 Å². The van der Waals surface area contributed by atoms with E-state index in [1.54, 1.807) is 12.1 Å². The molecule has 4 N–H and O–H groups in total. The van der Waals surface area contributed by atoms with Crippen LogP contribution in [0.25, 0.3) is 0 Å². The summed E-state index contributed by atoms with van der Waals surface area (Å²) in [5.41, 5.74) is 0.768. The lowest BCUT2D eigenvalue weighted by Crippen LogP contribution is -2.43. The van der Waals surface area contributed by atoms with Crippen LogP contribution in [0.4, 0.5) is 5.69 Å². The lowest BCUT2D eigenvalue weighted by atomic mass is 10.1. The topological polar surface area (TPSA) is 109 Å². The first kappa shape index (κ1) is 17.7. The summed E-state index contributed by atoms with van der Waals surface area (Å²) in [6.07, 6.45) is 1.73. The molecule has 2 rings (SSSR count). The summed E-state index contributed by atoms with van der Waals surface area (Å²) in [5, 5.41) is 10.8. The Morgan fingerprint density at radius 3 is 2.75 bits per heavy atom. The third kappa shape index (κ3) is 4.45. The molecule has 0 aromatic heterocycles. The number of anilines is 1. The van der Waals surface area contributed by atoms with E-state index in [1.165, 1.54) is 20.2 Å². The first-order chi connectivity index (χ1) is 11.5. The van der Waals surface area contributed by atoms with Gasteiger partial charge in [-0.3, -0.25) is 14.4 Å². The quantitative estimate of drug-likeness (QED) is 0.579. The number of ether oxygens (including phenoxy) is 1. The highest BCUT2D eigenvalue weighted by Crippen LogP contribution is 2.25. The average Bonchev–Trinajstić information content (AvgIpc) is 3.13. The number of hydrogen-bond acceptors (Lipinski definition) is 5. The van der Waals surface area contributed by atoms with Gasteiger partial charge in [-0.15, -0.1) is 0 Å². The van der Waals surface area contributed by atoms with Crippen molar-refractivity contribution in [2.75, 3.05) is 32.6 Å². The molecule has 1 saturated heterocycles. The van der Waals surface area contributed by atoms with Crippen LogP contribution in [0.2, 0.25) is 0 Å². The molecule has 1 unspecified atom stereocenters. The van der Waals surface area contributed by atoms with E-state index in [1.807, 2.05) is 0 Å². The molecular formula is C16H22N4O4. The van der Waals surface area contributed by atoms with Crippen molar-refractivity contribution < 1.29 is 19.1 Å². The molecule has 0 bridgehead atoms. The van der Waals surface area contributed by atoms with Gasteiger partial charge in [0, 0.05) is 12.6 Å². The first-order valence-corrected chi connectivity index (χ1v) is 7.76. The van der Waals surface area contributed by atoms with Crippen molar-refractivity contribution in [2.45, 2.75) is 18.9 Å². The average molecular weight is 334 g/mol. The molecule has 1 fully saturated rings. The van der Waals surface area contributed by atoms with Crippen LogP contribution in [0, 0.1) is 0 Å². The van der Waals surface area contributed by atoms with E-state index in [0.717, 1.165) is 19.4 Å². The van der Waals surface area contributed by atoms with Crippen LogP contribution in [0.15, 0.2) is 18.2 Å². The molecule has 8 heteroatoms. The molecule has 130 valence electrons. The third-order valence-electron chi connectivity index (χ3n) is 3.76. The molecule has 1 aliphatic rings. The van der Waals surface area contributed by atoms with Gasteiger partial charge in [0.1, 0.15) is 5.75 Å². The summed E-state index contributed by atoms with van der Waals surface area (Å²) in [6, 6.07) is 4.49. The van der Waals surface area contributed by atoms with Crippen molar-refractivity contribution in [1.82, 2.24) is 16.0 Å². The van der Waals surface area contributed by atoms with Gasteiger partial charge in [-0.1, -0.05) is 0 Å². The van der Waals surface area contributed by atoms with E-state index in [4.69, 9.17) is 4.74 Å². The minimum Gasteiger partial charge on any atom is -0.495 e. The van der Waals surface area contributed by atoms with Gasteiger partial charge in [-0.2, -0.15) is 0 Å². The predicted octanol–water partition coefficient (Wildman–Crippen LogP) is -0.138. The van der Waals surface area contributed by atoms with Gasteiger partial charge in [0.05, 0.1) is 25.4 Å². The summed E-state index contributed by atoms with van der Waals surface area (Å²) in [6.45, 7) is 0.665. The van der Waals surface area contributed by atoms with E-state index < -0.39 is 5.91 Å². The molecule has 24 heavy (non-hydrogen) atoms. The second kappa shape index (κ2) is 8.30. The van der Waals surface area contributed by atoms with Crippen LogP contribution >= 0.6 is 0 Å². The number of rotatable bonds is 6. The highest BCUT2D eigenvalue weighted by molar-refractivity contribution is 5.99. The monoisotopic (exact) mass is 334 g/mol. The fraction of sp³-hybridized carbons (Fsp3) is 0.438. The number of hydrogen-bond donors (Lipinski definition) is 4. The van der Waals surface area contributed by atoms with E-state index in [9.17, 15) is 14.4 Å². The zero-order valence-corrected chi connectivity index (χ0v) is 13.8. The van der Waals surface area contributed by atoms with Crippen LogP contribution < -0.4 is 26.0 Å². The SMILES string of the molecule is CNC(=O)c1ccc(OC)c(NC(=O)CNC(=O)C2CCCN2)c1. The number of carbonyl (C=O) groups excluding carboxylic acids is 3. The van der Waals surface area contributed by atoms with Crippen LogP contribution in [0.3, 0.4) is 0 Å². The lowest BCUT2D eigenvalue weighted by molar-refractivity contribution is -0.125. The van der Waals surface area contributed by atoms with E-state index in [0.29, 0.717) is 17.0 Å². The van der Waals surface area contributed by atoms with Crippen molar-refractivity contribution >= 4 is 23.4 Å². The Balaban J connectivity index is 1.96. The Morgan fingerprint density at radius 1 is 1.33 bits per heavy atom. The maximum atomic E-state index is 12.0. The Bertz CT molecular complexity index is 627. The van der Waals surface area contributed by atoms with Gasteiger partial charge in [0.15, 0.2) is 0 Å². The highest BCUT2D eigenvalue weighted by atomic mass is 16.5. The minimum absolute atomic E-state index is 0.148. The summed E-state index contributed by atoms with van der Waals surface area (Å²) < 4.78 is 5.18. The lowest BCUT2D eigenvalue weighted by Gasteiger charge is -2.13. The molecule has 0 aliphatic carbocycles. The standard InChI is InChI=1S/C16H22N4O4/c1-17-15(22)10-5-6-13(24-2)12(8-10)20-14(21)9-19-16(23)11-4-3-7-18-11/h5-6,8,11,18H,3-4,7,9H2,1-2H3,(H,17,22)(H,19,23)(H,20,21). The Kier molecular flexibility index (Phi) is 6.14. The molecule has 0 radical (unpaired) electrons. The van der Waals surface area contributed by atoms with Crippen molar-refractivity contribution in [3.63, 3.8) is 0 Å². The normalized spacial score (nSPS) is 16.3. The number of carbonyl (C=O) groups is 3. The van der Waals surface area contributed by atoms with Crippen LogP contribution in [0.5, 0.6) is 5.75 Å².